The van der Waals surface area contributed by atoms with Gasteiger partial charge in [-0.1, -0.05) is 0 Å². The lowest BCUT2D eigenvalue weighted by Gasteiger charge is -2.29. The molecule has 2 N–H and O–H groups in total. The Morgan fingerprint density at radius 1 is 1.47 bits per heavy atom. The standard InChI is InChI=1S/C9H18F3N3/c1-14(2)7-3-4-15(6-7)8(5-13)9(10,11)12/h7-8H,3-6,13H2,1-2H3. The van der Waals surface area contributed by atoms with E-state index in [1.807, 2.05) is 19.0 Å². The van der Waals surface area contributed by atoms with E-state index >= 15 is 0 Å². The highest BCUT2D eigenvalue weighted by atomic mass is 19.4. The van der Waals surface area contributed by atoms with Crippen LogP contribution in [0.2, 0.25) is 0 Å². The summed E-state index contributed by atoms with van der Waals surface area (Å²) in [6, 6.07) is -1.27. The van der Waals surface area contributed by atoms with Gasteiger partial charge in [-0.15, -0.1) is 0 Å². The molecule has 1 saturated heterocycles. The lowest BCUT2D eigenvalue weighted by molar-refractivity contribution is -0.178. The fourth-order valence-electron chi connectivity index (χ4n) is 1.96. The minimum Gasteiger partial charge on any atom is -0.329 e. The highest BCUT2D eigenvalue weighted by Crippen LogP contribution is 2.27. The van der Waals surface area contributed by atoms with Crippen molar-refractivity contribution in [2.24, 2.45) is 5.73 Å². The maximum Gasteiger partial charge on any atom is 0.405 e. The number of likely N-dealkylation sites (tertiary alicyclic amines) is 1. The molecule has 0 bridgehead atoms. The van der Waals surface area contributed by atoms with E-state index in [1.165, 1.54) is 4.90 Å². The van der Waals surface area contributed by atoms with Crippen molar-refractivity contribution in [3.63, 3.8) is 0 Å². The van der Waals surface area contributed by atoms with E-state index in [-0.39, 0.29) is 12.6 Å². The van der Waals surface area contributed by atoms with Crippen molar-refractivity contribution in [2.45, 2.75) is 24.7 Å². The lowest BCUT2D eigenvalue weighted by Crippen LogP contribution is -2.50. The Kier molecular flexibility index (Phi) is 3.97. The van der Waals surface area contributed by atoms with Crippen LogP contribution in [0.5, 0.6) is 0 Å². The number of hydrogen-bond acceptors (Lipinski definition) is 3. The van der Waals surface area contributed by atoms with Gasteiger partial charge in [0.15, 0.2) is 0 Å². The number of rotatable bonds is 3. The van der Waals surface area contributed by atoms with Crippen LogP contribution in [0.15, 0.2) is 0 Å². The quantitative estimate of drug-likeness (QED) is 0.759. The van der Waals surface area contributed by atoms with Crippen LogP contribution < -0.4 is 5.73 Å². The second-order valence-corrected chi connectivity index (χ2v) is 4.19. The van der Waals surface area contributed by atoms with Crippen LogP contribution in [0, 0.1) is 0 Å². The summed E-state index contributed by atoms with van der Waals surface area (Å²) < 4.78 is 37.7. The maximum absolute atomic E-state index is 12.6. The molecular formula is C9H18F3N3. The summed E-state index contributed by atoms with van der Waals surface area (Å²) in [4.78, 5) is 3.40. The summed E-state index contributed by atoms with van der Waals surface area (Å²) in [6.45, 7) is 0.572. The average molecular weight is 225 g/mol. The molecular weight excluding hydrogens is 207 g/mol. The third kappa shape index (κ3) is 3.06. The van der Waals surface area contributed by atoms with E-state index in [9.17, 15) is 13.2 Å². The van der Waals surface area contributed by atoms with Gasteiger partial charge in [0.1, 0.15) is 6.04 Å². The fourth-order valence-corrected chi connectivity index (χ4v) is 1.96. The van der Waals surface area contributed by atoms with Gasteiger partial charge in [0, 0.05) is 25.7 Å². The van der Waals surface area contributed by atoms with Gasteiger partial charge in [0.25, 0.3) is 0 Å². The van der Waals surface area contributed by atoms with E-state index in [2.05, 4.69) is 0 Å². The summed E-state index contributed by atoms with van der Waals surface area (Å²) in [6.07, 6.45) is -3.43. The van der Waals surface area contributed by atoms with Crippen LogP contribution in [0.4, 0.5) is 13.2 Å². The number of nitrogens with zero attached hydrogens (tertiary/aromatic N) is 2. The Hall–Kier alpha value is -0.330. The summed E-state index contributed by atoms with van der Waals surface area (Å²) in [5, 5.41) is 0. The fraction of sp³-hybridized carbons (Fsp3) is 1.00. The minimum atomic E-state index is -4.21. The van der Waals surface area contributed by atoms with Gasteiger partial charge >= 0.3 is 6.18 Å². The Morgan fingerprint density at radius 2 is 2.07 bits per heavy atom. The first kappa shape index (κ1) is 12.7. The summed E-state index contributed by atoms with van der Waals surface area (Å²) >= 11 is 0. The first-order chi connectivity index (χ1) is 6.86. The van der Waals surface area contributed by atoms with Crippen LogP contribution in [-0.4, -0.2) is 61.8 Å². The largest absolute Gasteiger partial charge is 0.405 e. The van der Waals surface area contributed by atoms with Crippen molar-refractivity contribution in [2.75, 3.05) is 33.7 Å². The zero-order valence-corrected chi connectivity index (χ0v) is 9.09. The van der Waals surface area contributed by atoms with Gasteiger partial charge < -0.3 is 10.6 Å². The van der Waals surface area contributed by atoms with E-state index in [0.29, 0.717) is 13.1 Å². The van der Waals surface area contributed by atoms with Crippen molar-refractivity contribution < 1.29 is 13.2 Å². The lowest BCUT2D eigenvalue weighted by atomic mass is 10.2. The van der Waals surface area contributed by atoms with Crippen molar-refractivity contribution in [3.05, 3.63) is 0 Å². The van der Waals surface area contributed by atoms with Crippen LogP contribution in [0.25, 0.3) is 0 Å². The predicted molar refractivity (Wildman–Crippen MR) is 52.6 cm³/mol. The number of hydrogen-bond donors (Lipinski definition) is 1. The predicted octanol–water partition coefficient (Wildman–Crippen LogP) is 0.512. The minimum absolute atomic E-state index is 0.210. The molecule has 1 aliphatic heterocycles. The molecule has 0 spiro atoms. The van der Waals surface area contributed by atoms with Crippen molar-refractivity contribution in [1.29, 1.82) is 0 Å². The Bertz CT molecular complexity index is 205. The van der Waals surface area contributed by atoms with Crippen LogP contribution in [0.1, 0.15) is 6.42 Å². The molecule has 3 nitrogen and oxygen atoms in total. The van der Waals surface area contributed by atoms with Gasteiger partial charge in [-0.3, -0.25) is 4.90 Å². The zero-order chi connectivity index (χ0) is 11.6. The summed E-state index contributed by atoms with van der Waals surface area (Å²) in [7, 11) is 3.78. The summed E-state index contributed by atoms with van der Waals surface area (Å²) in [5.41, 5.74) is 5.19. The second kappa shape index (κ2) is 4.67. The van der Waals surface area contributed by atoms with Crippen LogP contribution >= 0.6 is 0 Å². The van der Waals surface area contributed by atoms with Gasteiger partial charge in [0.2, 0.25) is 0 Å². The van der Waals surface area contributed by atoms with Crippen molar-refractivity contribution in [3.8, 4) is 0 Å². The Balaban J connectivity index is 2.58. The van der Waals surface area contributed by atoms with Gasteiger partial charge in [-0.05, 0) is 20.5 Å². The molecule has 15 heavy (non-hydrogen) atoms. The SMILES string of the molecule is CN(C)C1CCN(C(CN)C(F)(F)F)C1. The molecule has 1 aliphatic rings. The van der Waals surface area contributed by atoms with Crippen LogP contribution in [-0.2, 0) is 0 Å². The first-order valence-electron chi connectivity index (χ1n) is 5.03. The first-order valence-corrected chi connectivity index (χ1v) is 5.03. The van der Waals surface area contributed by atoms with E-state index < -0.39 is 12.2 Å². The molecule has 0 amide bonds. The molecule has 0 saturated carbocycles. The highest BCUT2D eigenvalue weighted by Gasteiger charge is 2.44. The highest BCUT2D eigenvalue weighted by molar-refractivity contribution is 4.88. The number of likely N-dealkylation sites (N-methyl/N-ethyl adjacent to an activating group) is 1. The molecule has 0 aliphatic carbocycles. The number of alkyl halides is 3. The molecule has 1 fully saturated rings. The molecule has 0 radical (unpaired) electrons. The van der Waals surface area contributed by atoms with Crippen molar-refractivity contribution in [1.82, 2.24) is 9.80 Å². The third-order valence-corrected chi connectivity index (χ3v) is 2.97. The average Bonchev–Trinajstić information content (AvgIpc) is 2.51. The maximum atomic E-state index is 12.6. The smallest absolute Gasteiger partial charge is 0.329 e. The topological polar surface area (TPSA) is 32.5 Å². The molecule has 6 heteroatoms. The molecule has 2 atom stereocenters. The van der Waals surface area contributed by atoms with Gasteiger partial charge in [-0.2, -0.15) is 13.2 Å². The number of nitrogens with two attached hydrogens (primary N) is 1. The number of halogens is 3. The van der Waals surface area contributed by atoms with Crippen LogP contribution in [0.3, 0.4) is 0 Å². The molecule has 0 aromatic rings. The van der Waals surface area contributed by atoms with E-state index in [0.717, 1.165) is 6.42 Å². The molecule has 0 aromatic heterocycles. The monoisotopic (exact) mass is 225 g/mol. The normalized spacial score (nSPS) is 26.2. The van der Waals surface area contributed by atoms with Crippen molar-refractivity contribution >= 4 is 0 Å². The van der Waals surface area contributed by atoms with Gasteiger partial charge in [0.05, 0.1) is 0 Å². The zero-order valence-electron chi connectivity index (χ0n) is 9.09. The van der Waals surface area contributed by atoms with E-state index in [4.69, 9.17) is 5.73 Å². The summed E-state index contributed by atoms with van der Waals surface area (Å²) in [5.74, 6) is 0. The molecule has 1 rings (SSSR count). The third-order valence-electron chi connectivity index (χ3n) is 2.97. The van der Waals surface area contributed by atoms with Gasteiger partial charge in [-0.25, -0.2) is 0 Å². The molecule has 0 aromatic carbocycles. The molecule has 2 unspecified atom stereocenters. The molecule has 1 heterocycles. The second-order valence-electron chi connectivity index (χ2n) is 4.19. The molecule has 90 valence electrons. The van der Waals surface area contributed by atoms with E-state index in [1.54, 1.807) is 0 Å². The Labute approximate surface area is 88.0 Å². The Morgan fingerprint density at radius 3 is 2.40 bits per heavy atom.